The van der Waals surface area contributed by atoms with Crippen molar-refractivity contribution in [3.05, 3.63) is 64.7 Å². The van der Waals surface area contributed by atoms with Gasteiger partial charge in [-0.1, -0.05) is 18.5 Å². The molecule has 0 spiro atoms. The van der Waals surface area contributed by atoms with E-state index in [1.807, 2.05) is 0 Å². The van der Waals surface area contributed by atoms with Gasteiger partial charge >= 0.3 is 0 Å². The van der Waals surface area contributed by atoms with Crippen LogP contribution in [-0.2, 0) is 0 Å². The minimum Gasteiger partial charge on any atom is -0.349 e. The van der Waals surface area contributed by atoms with Crippen LogP contribution in [0.25, 0.3) is 0 Å². The van der Waals surface area contributed by atoms with Crippen LogP contribution in [-0.4, -0.2) is 28.9 Å². The van der Waals surface area contributed by atoms with E-state index in [4.69, 9.17) is 11.6 Å². The second kappa shape index (κ2) is 8.11. The monoisotopic (exact) mass is 415 g/mol. The van der Waals surface area contributed by atoms with Crippen molar-refractivity contribution in [2.24, 2.45) is 17.8 Å². The molecule has 7 heteroatoms. The molecule has 0 aliphatic heterocycles. The summed E-state index contributed by atoms with van der Waals surface area (Å²) in [5.41, 5.74) is 0.437. The first-order valence-electron chi connectivity index (χ1n) is 9.95. The van der Waals surface area contributed by atoms with Gasteiger partial charge in [0.05, 0.1) is 0 Å². The van der Waals surface area contributed by atoms with Gasteiger partial charge in [-0.05, 0) is 73.4 Å². The summed E-state index contributed by atoms with van der Waals surface area (Å²) in [5.74, 6) is 0.217. The molecule has 2 saturated carbocycles. The van der Waals surface area contributed by atoms with Crippen LogP contribution in [0.5, 0.6) is 0 Å². The minimum atomic E-state index is -0.609. The third-order valence-electron chi connectivity index (χ3n) is 6.15. The van der Waals surface area contributed by atoms with Crippen LogP contribution in [0.2, 0.25) is 5.02 Å². The summed E-state index contributed by atoms with van der Waals surface area (Å²) in [7, 11) is 0. The third kappa shape index (κ3) is 4.13. The molecule has 0 radical (unpaired) electrons. The number of carbonyl (C=O) groups excluding carboxylic acids is 2. The summed E-state index contributed by atoms with van der Waals surface area (Å²) < 4.78 is 13.7. The molecule has 1 heterocycles. The first kappa shape index (κ1) is 19.8. The number of carbonyl (C=O) groups is 2. The number of nitrogens with one attached hydrogen (secondary N) is 2. The number of hydrogen-bond donors (Lipinski definition) is 2. The predicted octanol–water partition coefficient (Wildman–Crippen LogP) is 3.84. The molecule has 152 valence electrons. The highest BCUT2D eigenvalue weighted by atomic mass is 35.5. The molecule has 5 atom stereocenters. The van der Waals surface area contributed by atoms with Crippen LogP contribution >= 0.6 is 11.6 Å². The average molecular weight is 416 g/mol. The molecule has 2 aliphatic rings. The summed E-state index contributed by atoms with van der Waals surface area (Å²) >= 11 is 5.89. The summed E-state index contributed by atoms with van der Waals surface area (Å²) in [6.45, 7) is 2.07. The molecule has 2 amide bonds. The molecule has 0 bridgehead atoms. The van der Waals surface area contributed by atoms with Crippen LogP contribution in [0, 0.1) is 23.6 Å². The second-order valence-corrected chi connectivity index (χ2v) is 8.31. The Balaban J connectivity index is 1.31. The van der Waals surface area contributed by atoms with E-state index >= 15 is 0 Å². The van der Waals surface area contributed by atoms with Crippen LogP contribution in [0.3, 0.4) is 0 Å². The maximum absolute atomic E-state index is 13.7. The highest BCUT2D eigenvalue weighted by molar-refractivity contribution is 6.30. The maximum atomic E-state index is 13.7. The molecule has 1 aromatic carbocycles. The molecule has 29 heavy (non-hydrogen) atoms. The highest BCUT2D eigenvalue weighted by Crippen LogP contribution is 2.59. The van der Waals surface area contributed by atoms with Gasteiger partial charge in [-0.2, -0.15) is 0 Å². The molecule has 1 unspecified atom stereocenters. The zero-order chi connectivity index (χ0) is 20.5. The summed E-state index contributed by atoms with van der Waals surface area (Å²) in [6, 6.07) is 9.70. The van der Waals surface area contributed by atoms with Gasteiger partial charge in [-0.25, -0.2) is 9.37 Å². The van der Waals surface area contributed by atoms with Gasteiger partial charge in [0.25, 0.3) is 11.8 Å². The number of fused-ring (bicyclic) bond motifs is 1. The number of aromatic nitrogens is 1. The number of halogens is 2. The number of hydrogen-bond acceptors (Lipinski definition) is 3. The Kier molecular flexibility index (Phi) is 5.54. The van der Waals surface area contributed by atoms with E-state index < -0.39 is 11.7 Å². The van der Waals surface area contributed by atoms with Gasteiger partial charge in [0.1, 0.15) is 0 Å². The van der Waals surface area contributed by atoms with Crippen molar-refractivity contribution in [2.45, 2.75) is 38.3 Å². The Morgan fingerprint density at radius 3 is 2.48 bits per heavy atom. The van der Waals surface area contributed by atoms with Crippen molar-refractivity contribution in [1.82, 2.24) is 15.6 Å². The normalized spacial score (nSPS) is 25.8. The van der Waals surface area contributed by atoms with Gasteiger partial charge < -0.3 is 10.6 Å². The average Bonchev–Trinajstić information content (AvgIpc) is 3.20. The molecule has 0 saturated heterocycles. The lowest BCUT2D eigenvalue weighted by molar-refractivity contribution is 0.0923. The van der Waals surface area contributed by atoms with E-state index in [1.54, 1.807) is 24.3 Å². The Hall–Kier alpha value is -2.47. The van der Waals surface area contributed by atoms with Crippen LogP contribution < -0.4 is 10.6 Å². The van der Waals surface area contributed by atoms with Crippen molar-refractivity contribution < 1.29 is 14.0 Å². The fourth-order valence-corrected chi connectivity index (χ4v) is 4.86. The van der Waals surface area contributed by atoms with Crippen molar-refractivity contribution in [2.75, 3.05) is 0 Å². The zero-order valence-electron chi connectivity index (χ0n) is 16.1. The Bertz CT molecular complexity index is 909. The van der Waals surface area contributed by atoms with Crippen molar-refractivity contribution in [3.8, 4) is 0 Å². The Morgan fingerprint density at radius 1 is 1.17 bits per heavy atom. The third-order valence-corrected chi connectivity index (χ3v) is 6.40. The number of benzene rings is 1. The molecule has 2 aliphatic carbocycles. The predicted molar refractivity (Wildman–Crippen MR) is 108 cm³/mol. The van der Waals surface area contributed by atoms with Crippen LogP contribution in [0.1, 0.15) is 47.0 Å². The second-order valence-electron chi connectivity index (χ2n) is 7.88. The van der Waals surface area contributed by atoms with E-state index in [1.165, 1.54) is 18.3 Å². The first-order valence-corrected chi connectivity index (χ1v) is 10.3. The SMILES string of the molecule is CCC(NC(=O)c1ccc(Cl)cc1)[C@H]1[C@@H]2C[C@@H](NC(=O)c3ncccc3F)C[C@@H]21. The number of rotatable bonds is 6. The summed E-state index contributed by atoms with van der Waals surface area (Å²) in [4.78, 5) is 28.6. The van der Waals surface area contributed by atoms with E-state index in [0.29, 0.717) is 28.3 Å². The molecule has 4 rings (SSSR count). The van der Waals surface area contributed by atoms with E-state index in [-0.39, 0.29) is 23.7 Å². The van der Waals surface area contributed by atoms with Gasteiger partial charge in [0.2, 0.25) is 0 Å². The molecule has 2 N–H and O–H groups in total. The van der Waals surface area contributed by atoms with Gasteiger partial charge in [0, 0.05) is 28.9 Å². The van der Waals surface area contributed by atoms with Crippen molar-refractivity contribution in [1.29, 1.82) is 0 Å². The molecular weight excluding hydrogens is 393 g/mol. The lowest BCUT2D eigenvalue weighted by atomic mass is 9.99. The van der Waals surface area contributed by atoms with E-state index in [0.717, 1.165) is 19.3 Å². The van der Waals surface area contributed by atoms with Crippen LogP contribution in [0.15, 0.2) is 42.6 Å². The quantitative estimate of drug-likeness (QED) is 0.753. The highest BCUT2D eigenvalue weighted by Gasteiger charge is 2.58. The smallest absolute Gasteiger partial charge is 0.273 e. The van der Waals surface area contributed by atoms with Gasteiger partial charge in [-0.15, -0.1) is 0 Å². The molecular formula is C22H23ClFN3O2. The first-order chi connectivity index (χ1) is 14.0. The fraction of sp³-hybridized carbons (Fsp3) is 0.409. The Labute approximate surface area is 174 Å². The topological polar surface area (TPSA) is 71.1 Å². The molecule has 2 aromatic rings. The van der Waals surface area contributed by atoms with Gasteiger partial charge in [-0.3, -0.25) is 9.59 Å². The molecule has 5 nitrogen and oxygen atoms in total. The number of amides is 2. The largest absolute Gasteiger partial charge is 0.349 e. The number of pyridine rings is 1. The van der Waals surface area contributed by atoms with Crippen molar-refractivity contribution in [3.63, 3.8) is 0 Å². The number of nitrogens with zero attached hydrogens (tertiary/aromatic N) is 1. The molecule has 2 fully saturated rings. The summed E-state index contributed by atoms with van der Waals surface area (Å²) in [6.07, 6.45) is 3.97. The molecule has 1 aromatic heterocycles. The zero-order valence-corrected chi connectivity index (χ0v) is 16.8. The maximum Gasteiger partial charge on any atom is 0.273 e. The lowest BCUT2D eigenvalue weighted by Gasteiger charge is -2.22. The lowest BCUT2D eigenvalue weighted by Crippen LogP contribution is -2.39. The van der Waals surface area contributed by atoms with Crippen molar-refractivity contribution >= 4 is 23.4 Å². The van der Waals surface area contributed by atoms with Crippen LogP contribution in [0.4, 0.5) is 4.39 Å². The standard InChI is InChI=1S/C22H23ClFN3O2/c1-2-18(27-21(28)12-5-7-13(23)8-6-12)19-15-10-14(11-16(15)19)26-22(29)20-17(24)4-3-9-25-20/h3-9,14-16,18-19H,2,10-11H2,1H3,(H,26,29)(H,27,28)/t14-,15-,16+,18?,19+. The van der Waals surface area contributed by atoms with E-state index in [2.05, 4.69) is 22.5 Å². The fourth-order valence-electron chi connectivity index (χ4n) is 4.74. The summed E-state index contributed by atoms with van der Waals surface area (Å²) in [5, 5.41) is 6.66. The Morgan fingerprint density at radius 2 is 1.86 bits per heavy atom. The minimum absolute atomic E-state index is 0.0274. The van der Waals surface area contributed by atoms with Gasteiger partial charge in [0.15, 0.2) is 11.5 Å². The van der Waals surface area contributed by atoms with E-state index in [9.17, 15) is 14.0 Å².